The fourth-order valence-corrected chi connectivity index (χ4v) is 2.42. The highest BCUT2D eigenvalue weighted by molar-refractivity contribution is 5.73. The van der Waals surface area contributed by atoms with Crippen LogP contribution in [0.5, 0.6) is 5.75 Å². The van der Waals surface area contributed by atoms with E-state index in [-0.39, 0.29) is 23.8 Å². The van der Waals surface area contributed by atoms with Crippen LogP contribution in [0.4, 0.5) is 24.8 Å². The van der Waals surface area contributed by atoms with Crippen molar-refractivity contribution in [2.45, 2.75) is 25.1 Å². The maximum atomic E-state index is 12.1. The maximum Gasteiger partial charge on any atom is 0.422 e. The Balaban J connectivity index is 1.49. The number of ether oxygens (including phenoxy) is 2. The number of hydrogen-bond acceptors (Lipinski definition) is 7. The van der Waals surface area contributed by atoms with Crippen LogP contribution in [0.1, 0.15) is 12.0 Å². The number of benzene rings is 1. The fraction of sp³-hybridized carbons (Fsp3) is 0.353. The monoisotopic (exact) mass is 381 g/mol. The summed E-state index contributed by atoms with van der Waals surface area (Å²) in [7, 11) is 0. The Morgan fingerprint density at radius 3 is 2.48 bits per heavy atom. The number of amidine groups is 1. The number of alkyl halides is 3. The number of aliphatic imine (C=N–C) groups is 1. The number of nitrogens with one attached hydrogen (secondary N) is 1. The van der Waals surface area contributed by atoms with Gasteiger partial charge in [-0.05, 0) is 30.5 Å². The molecule has 0 fully saturated rings. The van der Waals surface area contributed by atoms with Gasteiger partial charge in [0.25, 0.3) is 6.02 Å². The molecule has 27 heavy (non-hydrogen) atoms. The van der Waals surface area contributed by atoms with Crippen LogP contribution in [0.25, 0.3) is 0 Å². The van der Waals surface area contributed by atoms with Crippen molar-refractivity contribution in [1.29, 1.82) is 0 Å². The van der Waals surface area contributed by atoms with Gasteiger partial charge in [0, 0.05) is 5.69 Å². The Hall–Kier alpha value is -3.04. The van der Waals surface area contributed by atoms with Crippen molar-refractivity contribution in [2.75, 3.05) is 18.5 Å². The minimum atomic E-state index is -4.40. The summed E-state index contributed by atoms with van der Waals surface area (Å²) in [6, 6.07) is 8.01. The second-order valence-electron chi connectivity index (χ2n) is 5.94. The molecule has 3 rings (SSSR count). The normalized spacial score (nSPS) is 16.6. The van der Waals surface area contributed by atoms with Crippen LogP contribution in [0, 0.1) is 0 Å². The van der Waals surface area contributed by atoms with E-state index in [1.54, 1.807) is 0 Å². The Kier molecular flexibility index (Phi) is 5.63. The molecule has 0 aliphatic carbocycles. The van der Waals surface area contributed by atoms with Crippen molar-refractivity contribution in [3.63, 3.8) is 0 Å². The van der Waals surface area contributed by atoms with Crippen molar-refractivity contribution < 1.29 is 22.6 Å². The lowest BCUT2D eigenvalue weighted by molar-refractivity contribution is -0.153. The van der Waals surface area contributed by atoms with Crippen molar-refractivity contribution in [2.24, 2.45) is 10.7 Å². The number of aryl methyl sites for hydroxylation is 1. The van der Waals surface area contributed by atoms with E-state index in [4.69, 9.17) is 10.5 Å². The average Bonchev–Trinajstić information content (AvgIpc) is 3.05. The third-order valence-corrected chi connectivity index (χ3v) is 3.74. The number of hydrogen-bond donors (Lipinski definition) is 2. The highest BCUT2D eigenvalue weighted by atomic mass is 19.4. The van der Waals surface area contributed by atoms with Gasteiger partial charge in [0.05, 0.1) is 18.4 Å². The number of rotatable bonds is 7. The van der Waals surface area contributed by atoms with Gasteiger partial charge in [-0.25, -0.2) is 15.0 Å². The summed E-state index contributed by atoms with van der Waals surface area (Å²) in [5.41, 5.74) is 7.38. The molecule has 0 radical (unpaired) electrons. The second kappa shape index (κ2) is 8.11. The highest BCUT2D eigenvalue weighted by Gasteiger charge is 2.28. The molecule has 0 bridgehead atoms. The first kappa shape index (κ1) is 18.7. The molecule has 2 aromatic rings. The van der Waals surface area contributed by atoms with Crippen LogP contribution in [0.2, 0.25) is 0 Å². The van der Waals surface area contributed by atoms with E-state index < -0.39 is 12.8 Å². The average molecular weight is 381 g/mol. The van der Waals surface area contributed by atoms with Crippen LogP contribution in [-0.2, 0) is 11.2 Å². The molecule has 2 heterocycles. The zero-order chi connectivity index (χ0) is 19.3. The van der Waals surface area contributed by atoms with E-state index in [0.29, 0.717) is 6.61 Å². The quantitative estimate of drug-likeness (QED) is 0.766. The lowest BCUT2D eigenvalue weighted by Crippen LogP contribution is -2.19. The molecule has 144 valence electrons. The van der Waals surface area contributed by atoms with Gasteiger partial charge in [-0.3, -0.25) is 0 Å². The molecule has 1 aliphatic rings. The molecule has 3 N–H and O–H groups in total. The number of aromatic nitrogens is 2. The molecule has 7 nitrogen and oxygen atoms in total. The van der Waals surface area contributed by atoms with Crippen molar-refractivity contribution >= 4 is 17.7 Å². The Morgan fingerprint density at radius 2 is 1.89 bits per heavy atom. The SMILES string of the molecule is NC1=N[C@@H](CCc2ccc(Nc3ncc(OCC(F)(F)F)cn3)cc2)CO1. The van der Waals surface area contributed by atoms with Gasteiger partial charge in [0.1, 0.15) is 6.61 Å². The Bertz CT molecular complexity index is 779. The van der Waals surface area contributed by atoms with Gasteiger partial charge in [0.15, 0.2) is 12.4 Å². The molecule has 0 saturated carbocycles. The molecule has 1 aromatic heterocycles. The predicted molar refractivity (Wildman–Crippen MR) is 93.0 cm³/mol. The molecular weight excluding hydrogens is 363 g/mol. The van der Waals surface area contributed by atoms with Crippen molar-refractivity contribution in [3.05, 3.63) is 42.2 Å². The Morgan fingerprint density at radius 1 is 1.19 bits per heavy atom. The lowest BCUT2D eigenvalue weighted by Gasteiger charge is -2.10. The number of nitrogens with zero attached hydrogens (tertiary/aromatic N) is 3. The Labute approximate surface area is 153 Å². The largest absolute Gasteiger partial charge is 0.481 e. The topological polar surface area (TPSA) is 94.7 Å². The van der Waals surface area contributed by atoms with E-state index in [0.717, 1.165) is 24.1 Å². The summed E-state index contributed by atoms with van der Waals surface area (Å²) < 4.78 is 46.0. The van der Waals surface area contributed by atoms with Gasteiger partial charge in [-0.2, -0.15) is 13.2 Å². The standard InChI is InChI=1S/C17H18F3N5O2/c18-17(19,20)10-27-14-7-22-16(23-8-14)25-12-4-1-11(2-5-12)3-6-13-9-26-15(21)24-13/h1-2,4-5,7-8,13H,3,6,9-10H2,(H2,21,24)(H,22,23,25)/t13-/m0/s1. The minimum absolute atomic E-state index is 0.0487. The van der Waals surface area contributed by atoms with Crippen LogP contribution in [0.15, 0.2) is 41.7 Å². The van der Waals surface area contributed by atoms with Gasteiger partial charge in [0.2, 0.25) is 5.95 Å². The van der Waals surface area contributed by atoms with E-state index in [1.807, 2.05) is 24.3 Å². The summed E-state index contributed by atoms with van der Waals surface area (Å²) in [4.78, 5) is 12.1. The molecule has 10 heteroatoms. The number of anilines is 2. The molecule has 1 aromatic carbocycles. The van der Waals surface area contributed by atoms with Crippen LogP contribution < -0.4 is 15.8 Å². The first-order valence-corrected chi connectivity index (χ1v) is 8.21. The molecule has 1 aliphatic heterocycles. The first-order valence-electron chi connectivity index (χ1n) is 8.21. The summed E-state index contributed by atoms with van der Waals surface area (Å²) >= 11 is 0. The van der Waals surface area contributed by atoms with E-state index in [2.05, 4.69) is 25.0 Å². The third-order valence-electron chi connectivity index (χ3n) is 3.74. The predicted octanol–water partition coefficient (Wildman–Crippen LogP) is 2.81. The van der Waals surface area contributed by atoms with Crippen molar-refractivity contribution in [1.82, 2.24) is 9.97 Å². The third kappa shape index (κ3) is 6.01. The van der Waals surface area contributed by atoms with Crippen molar-refractivity contribution in [3.8, 4) is 5.75 Å². The number of nitrogens with two attached hydrogens (primary N) is 1. The lowest BCUT2D eigenvalue weighted by atomic mass is 10.1. The summed E-state index contributed by atoms with van der Waals surface area (Å²) in [5.74, 6) is 0.211. The first-order chi connectivity index (χ1) is 12.9. The van der Waals surface area contributed by atoms with Gasteiger partial charge in [-0.15, -0.1) is 0 Å². The highest BCUT2D eigenvalue weighted by Crippen LogP contribution is 2.19. The smallest absolute Gasteiger partial charge is 0.422 e. The molecule has 0 amide bonds. The fourth-order valence-electron chi connectivity index (χ4n) is 2.42. The summed E-state index contributed by atoms with van der Waals surface area (Å²) in [6.45, 7) is -0.860. The molecule has 0 unspecified atom stereocenters. The van der Waals surface area contributed by atoms with Crippen LogP contribution in [0.3, 0.4) is 0 Å². The molecule has 0 saturated heterocycles. The van der Waals surface area contributed by atoms with Gasteiger partial charge >= 0.3 is 6.18 Å². The summed E-state index contributed by atoms with van der Waals surface area (Å²) in [5, 5.41) is 2.98. The van der Waals surface area contributed by atoms with E-state index >= 15 is 0 Å². The second-order valence-corrected chi connectivity index (χ2v) is 5.94. The van der Waals surface area contributed by atoms with E-state index in [9.17, 15) is 13.2 Å². The van der Waals surface area contributed by atoms with E-state index in [1.165, 1.54) is 12.4 Å². The van der Waals surface area contributed by atoms with Gasteiger partial charge in [-0.1, -0.05) is 12.1 Å². The van der Waals surface area contributed by atoms with Crippen LogP contribution >= 0.6 is 0 Å². The maximum absolute atomic E-state index is 12.1. The number of halogens is 3. The molecular formula is C17H18F3N5O2. The van der Waals surface area contributed by atoms with Crippen LogP contribution in [-0.4, -0.2) is 41.4 Å². The summed E-state index contributed by atoms with van der Waals surface area (Å²) in [6.07, 6.45) is -0.345. The molecule has 0 spiro atoms. The van der Waals surface area contributed by atoms with Gasteiger partial charge < -0.3 is 20.5 Å². The molecule has 1 atom stereocenters. The zero-order valence-electron chi connectivity index (χ0n) is 14.2. The minimum Gasteiger partial charge on any atom is -0.481 e. The zero-order valence-corrected chi connectivity index (χ0v) is 14.2.